The van der Waals surface area contributed by atoms with Gasteiger partial charge in [0.05, 0.1) is 5.25 Å². The summed E-state index contributed by atoms with van der Waals surface area (Å²) < 4.78 is 1.50. The van der Waals surface area contributed by atoms with Crippen molar-refractivity contribution in [2.45, 2.75) is 44.3 Å². The average molecular weight is 226 g/mol. The molecule has 1 rings (SSSR count). The highest BCUT2D eigenvalue weighted by Crippen LogP contribution is 2.11. The number of hydrogen-bond donors (Lipinski definition) is 1. The summed E-state index contributed by atoms with van der Waals surface area (Å²) in [6.45, 7) is 2.18. The maximum Gasteiger partial charge on any atom is 0.244 e. The lowest BCUT2D eigenvalue weighted by Gasteiger charge is -2.09. The molecule has 1 atom stereocenters. The van der Waals surface area contributed by atoms with Crippen LogP contribution in [0.5, 0.6) is 0 Å². The van der Waals surface area contributed by atoms with E-state index < -0.39 is 0 Å². The van der Waals surface area contributed by atoms with E-state index in [2.05, 4.69) is 24.5 Å². The van der Waals surface area contributed by atoms with Crippen molar-refractivity contribution in [3.8, 4) is 0 Å². The first-order valence-electron chi connectivity index (χ1n) is 5.46. The monoisotopic (exact) mass is 226 g/mol. The first-order chi connectivity index (χ1) is 7.25. The molecule has 1 aromatic rings. The Bertz CT molecular complexity index is 285. The summed E-state index contributed by atoms with van der Waals surface area (Å²) in [7, 11) is 0. The highest BCUT2D eigenvalue weighted by molar-refractivity contribution is 7.81. The van der Waals surface area contributed by atoms with Crippen molar-refractivity contribution in [1.29, 1.82) is 0 Å². The van der Waals surface area contributed by atoms with Crippen molar-refractivity contribution in [2.24, 2.45) is 0 Å². The van der Waals surface area contributed by atoms with Crippen molar-refractivity contribution >= 4 is 18.5 Å². The zero-order valence-corrected chi connectivity index (χ0v) is 9.99. The first kappa shape index (κ1) is 12.3. The third kappa shape index (κ3) is 4.08. The second-order valence-electron chi connectivity index (χ2n) is 3.67. The molecule has 1 heterocycles. The van der Waals surface area contributed by atoms with Crippen LogP contribution >= 0.6 is 12.6 Å². The lowest BCUT2D eigenvalue weighted by atomic mass is 10.1. The van der Waals surface area contributed by atoms with Crippen molar-refractivity contribution in [1.82, 2.24) is 9.55 Å². The average Bonchev–Trinajstić information content (AvgIpc) is 2.76. The minimum Gasteiger partial charge on any atom is -0.275 e. The number of hydrogen-bond acceptors (Lipinski definition) is 3. The normalized spacial score (nSPS) is 12.7. The Kier molecular flexibility index (Phi) is 5.47. The van der Waals surface area contributed by atoms with Crippen molar-refractivity contribution in [2.75, 3.05) is 0 Å². The Balaban J connectivity index is 2.28. The van der Waals surface area contributed by atoms with E-state index in [0.29, 0.717) is 0 Å². The quantitative estimate of drug-likeness (QED) is 0.598. The van der Waals surface area contributed by atoms with Crippen LogP contribution in [0.4, 0.5) is 0 Å². The number of rotatable bonds is 6. The summed E-state index contributed by atoms with van der Waals surface area (Å²) >= 11 is 4.32. The molecule has 0 N–H and O–H groups in total. The van der Waals surface area contributed by atoms with Gasteiger partial charge in [0.1, 0.15) is 6.33 Å². The Morgan fingerprint density at radius 1 is 1.47 bits per heavy atom. The Labute approximate surface area is 96.3 Å². The van der Waals surface area contributed by atoms with Gasteiger partial charge in [-0.3, -0.25) is 9.36 Å². The van der Waals surface area contributed by atoms with Crippen LogP contribution < -0.4 is 0 Å². The second-order valence-corrected chi connectivity index (χ2v) is 4.30. The molecule has 0 fully saturated rings. The van der Waals surface area contributed by atoms with Gasteiger partial charge in [0.2, 0.25) is 5.91 Å². The molecule has 4 heteroatoms. The van der Waals surface area contributed by atoms with Gasteiger partial charge in [-0.05, 0) is 6.42 Å². The number of nitrogens with zero attached hydrogens (tertiary/aromatic N) is 2. The zero-order valence-electron chi connectivity index (χ0n) is 9.09. The molecule has 0 aliphatic heterocycles. The molecule has 3 nitrogen and oxygen atoms in total. The van der Waals surface area contributed by atoms with Crippen LogP contribution in [-0.2, 0) is 0 Å². The van der Waals surface area contributed by atoms with Crippen LogP contribution in [0.15, 0.2) is 18.7 Å². The number of unbranched alkanes of at least 4 members (excludes halogenated alkanes) is 3. The predicted octanol–water partition coefficient (Wildman–Crippen LogP) is 2.79. The first-order valence-corrected chi connectivity index (χ1v) is 5.97. The molecule has 1 aromatic heterocycles. The summed E-state index contributed by atoms with van der Waals surface area (Å²) in [6.07, 6.45) is 10.4. The summed E-state index contributed by atoms with van der Waals surface area (Å²) in [6, 6.07) is 0. The number of carbonyl (C=O) groups is 1. The third-order valence-electron chi connectivity index (χ3n) is 2.38. The van der Waals surface area contributed by atoms with E-state index in [1.54, 1.807) is 12.4 Å². The Morgan fingerprint density at radius 2 is 2.27 bits per heavy atom. The van der Waals surface area contributed by atoms with Gasteiger partial charge >= 0.3 is 0 Å². The van der Waals surface area contributed by atoms with Gasteiger partial charge in [-0.1, -0.05) is 32.6 Å². The van der Waals surface area contributed by atoms with Crippen molar-refractivity contribution in [3.05, 3.63) is 18.7 Å². The third-order valence-corrected chi connectivity index (χ3v) is 2.85. The largest absolute Gasteiger partial charge is 0.275 e. The van der Waals surface area contributed by atoms with E-state index in [-0.39, 0.29) is 11.2 Å². The van der Waals surface area contributed by atoms with Crippen LogP contribution in [0, 0.1) is 0 Å². The van der Waals surface area contributed by atoms with Crippen LogP contribution in [0.1, 0.15) is 43.8 Å². The Morgan fingerprint density at radius 3 is 2.87 bits per heavy atom. The van der Waals surface area contributed by atoms with Gasteiger partial charge in [-0.2, -0.15) is 12.6 Å². The summed E-state index contributed by atoms with van der Waals surface area (Å²) in [5.74, 6) is 0.0207. The van der Waals surface area contributed by atoms with Gasteiger partial charge in [0, 0.05) is 12.4 Å². The van der Waals surface area contributed by atoms with Crippen LogP contribution in [0.25, 0.3) is 0 Å². The van der Waals surface area contributed by atoms with Gasteiger partial charge in [-0.25, -0.2) is 4.98 Å². The predicted molar refractivity (Wildman–Crippen MR) is 64.4 cm³/mol. The van der Waals surface area contributed by atoms with E-state index in [1.807, 2.05) is 0 Å². The number of imidazole rings is 1. The molecule has 0 amide bonds. The SMILES string of the molecule is CCCCCCC(S)C(=O)n1ccnc1. The fourth-order valence-electron chi connectivity index (χ4n) is 1.45. The highest BCUT2D eigenvalue weighted by Gasteiger charge is 2.14. The molecule has 0 saturated carbocycles. The van der Waals surface area contributed by atoms with E-state index in [0.717, 1.165) is 12.8 Å². The molecule has 84 valence electrons. The molecular weight excluding hydrogens is 208 g/mol. The molecule has 0 aliphatic rings. The van der Waals surface area contributed by atoms with E-state index in [9.17, 15) is 4.79 Å². The van der Waals surface area contributed by atoms with Gasteiger partial charge in [0.15, 0.2) is 0 Å². The second kappa shape index (κ2) is 6.67. The smallest absolute Gasteiger partial charge is 0.244 e. The van der Waals surface area contributed by atoms with Gasteiger partial charge in [0.25, 0.3) is 0 Å². The van der Waals surface area contributed by atoms with Crippen LogP contribution in [0.3, 0.4) is 0 Å². The maximum absolute atomic E-state index is 11.7. The molecule has 0 aromatic carbocycles. The van der Waals surface area contributed by atoms with Crippen molar-refractivity contribution < 1.29 is 4.79 Å². The molecule has 0 bridgehead atoms. The molecule has 15 heavy (non-hydrogen) atoms. The summed E-state index contributed by atoms with van der Waals surface area (Å²) in [5, 5.41) is -0.198. The lowest BCUT2D eigenvalue weighted by molar-refractivity contribution is 0.0907. The van der Waals surface area contributed by atoms with Gasteiger partial charge < -0.3 is 0 Å². The zero-order chi connectivity index (χ0) is 11.1. The molecule has 0 saturated heterocycles. The topological polar surface area (TPSA) is 34.9 Å². The maximum atomic E-state index is 11.7. The minimum absolute atomic E-state index is 0.0207. The van der Waals surface area contributed by atoms with E-state index in [4.69, 9.17) is 0 Å². The molecule has 1 unspecified atom stereocenters. The summed E-state index contributed by atoms with van der Waals surface area (Å²) in [4.78, 5) is 15.6. The molecule has 0 spiro atoms. The van der Waals surface area contributed by atoms with Crippen LogP contribution in [0.2, 0.25) is 0 Å². The highest BCUT2D eigenvalue weighted by atomic mass is 32.1. The van der Waals surface area contributed by atoms with Gasteiger partial charge in [-0.15, -0.1) is 0 Å². The number of carbonyl (C=O) groups excluding carboxylic acids is 1. The summed E-state index contributed by atoms with van der Waals surface area (Å²) in [5.41, 5.74) is 0. The molecule has 0 radical (unpaired) electrons. The number of thiol groups is 1. The number of aromatic nitrogens is 2. The Hall–Kier alpha value is -0.770. The lowest BCUT2D eigenvalue weighted by Crippen LogP contribution is -2.20. The van der Waals surface area contributed by atoms with E-state index in [1.165, 1.54) is 30.2 Å². The molecule has 0 aliphatic carbocycles. The van der Waals surface area contributed by atoms with E-state index >= 15 is 0 Å². The van der Waals surface area contributed by atoms with Crippen LogP contribution in [-0.4, -0.2) is 20.7 Å². The standard InChI is InChI=1S/C11H18N2OS/c1-2-3-4-5-6-10(15)11(14)13-8-7-12-9-13/h7-10,15H,2-6H2,1H3. The molecular formula is C11H18N2OS. The minimum atomic E-state index is -0.198. The fourth-order valence-corrected chi connectivity index (χ4v) is 1.77. The fraction of sp³-hybridized carbons (Fsp3) is 0.636. The van der Waals surface area contributed by atoms with Crippen molar-refractivity contribution in [3.63, 3.8) is 0 Å².